The highest BCUT2D eigenvalue weighted by atomic mass is 35.5. The van der Waals surface area contributed by atoms with E-state index in [1.54, 1.807) is 6.08 Å². The van der Waals surface area contributed by atoms with Crippen LogP contribution in [0.2, 0.25) is 5.02 Å². The average molecular weight is 427 g/mol. The predicted octanol–water partition coefficient (Wildman–Crippen LogP) is 5.39. The highest BCUT2D eigenvalue weighted by Gasteiger charge is 2.16. The van der Waals surface area contributed by atoms with Gasteiger partial charge in [-0.3, -0.25) is 9.36 Å². The van der Waals surface area contributed by atoms with Crippen LogP contribution in [0.3, 0.4) is 0 Å². The van der Waals surface area contributed by atoms with Crippen LogP contribution in [0.4, 0.5) is 5.69 Å². The summed E-state index contributed by atoms with van der Waals surface area (Å²) in [6.45, 7) is 8.43. The van der Waals surface area contributed by atoms with Crippen LogP contribution in [0.25, 0.3) is 11.4 Å². The van der Waals surface area contributed by atoms with Crippen LogP contribution in [0, 0.1) is 6.92 Å². The topological polar surface area (TPSA) is 59.8 Å². The van der Waals surface area contributed by atoms with Crippen LogP contribution in [-0.2, 0) is 17.8 Å². The van der Waals surface area contributed by atoms with Crippen LogP contribution in [0.5, 0.6) is 0 Å². The van der Waals surface area contributed by atoms with E-state index in [1.807, 2.05) is 54.0 Å². The summed E-state index contributed by atoms with van der Waals surface area (Å²) in [6.07, 6.45) is 2.64. The van der Waals surface area contributed by atoms with Gasteiger partial charge in [-0.15, -0.1) is 16.8 Å². The monoisotopic (exact) mass is 426 g/mol. The standard InChI is InChI=1S/C22H23ClN4OS/c1-4-12-27-21(17-10-7-11-18(23)13-17)25-26-22(27)29-14-19(28)24-20-15(3)8-6-9-16(20)5-2/h4,6-11,13H,1,5,12,14H2,2-3H3,(H,24,28). The Morgan fingerprint density at radius 2 is 2.07 bits per heavy atom. The van der Waals surface area contributed by atoms with Crippen molar-refractivity contribution in [3.63, 3.8) is 0 Å². The third-order valence-electron chi connectivity index (χ3n) is 4.45. The minimum absolute atomic E-state index is 0.0727. The normalized spacial score (nSPS) is 10.7. The number of hydrogen-bond acceptors (Lipinski definition) is 4. The molecule has 29 heavy (non-hydrogen) atoms. The van der Waals surface area contributed by atoms with Crippen molar-refractivity contribution in [2.45, 2.75) is 32.0 Å². The van der Waals surface area contributed by atoms with Gasteiger partial charge in [-0.1, -0.05) is 66.7 Å². The number of allylic oxidation sites excluding steroid dienone is 1. The zero-order valence-electron chi connectivity index (χ0n) is 16.5. The van der Waals surface area contributed by atoms with Crippen LogP contribution in [0.1, 0.15) is 18.1 Å². The van der Waals surface area contributed by atoms with Crippen molar-refractivity contribution in [1.82, 2.24) is 14.8 Å². The first kappa shape index (κ1) is 21.1. The Labute approximate surface area is 180 Å². The number of aryl methyl sites for hydroxylation is 2. The lowest BCUT2D eigenvalue weighted by Gasteiger charge is -2.13. The third-order valence-corrected chi connectivity index (χ3v) is 5.65. The third kappa shape index (κ3) is 5.08. The van der Waals surface area contributed by atoms with Crippen molar-refractivity contribution in [1.29, 1.82) is 0 Å². The fourth-order valence-electron chi connectivity index (χ4n) is 3.04. The Morgan fingerprint density at radius 3 is 2.79 bits per heavy atom. The maximum atomic E-state index is 12.6. The maximum Gasteiger partial charge on any atom is 0.234 e. The van der Waals surface area contributed by atoms with E-state index < -0.39 is 0 Å². The Hall–Kier alpha value is -2.57. The van der Waals surface area contributed by atoms with E-state index in [9.17, 15) is 4.79 Å². The number of thioether (sulfide) groups is 1. The lowest BCUT2D eigenvalue weighted by molar-refractivity contribution is -0.113. The van der Waals surface area contributed by atoms with E-state index in [-0.39, 0.29) is 11.7 Å². The quantitative estimate of drug-likeness (QED) is 0.387. The molecule has 5 nitrogen and oxygen atoms in total. The van der Waals surface area contributed by atoms with Crippen molar-refractivity contribution in [3.05, 3.63) is 71.3 Å². The van der Waals surface area contributed by atoms with Gasteiger partial charge in [-0.05, 0) is 36.6 Å². The zero-order chi connectivity index (χ0) is 20.8. The molecule has 1 amide bonds. The molecular weight excluding hydrogens is 404 g/mol. The van der Waals surface area contributed by atoms with Gasteiger partial charge in [-0.2, -0.15) is 0 Å². The fourth-order valence-corrected chi connectivity index (χ4v) is 3.98. The Balaban J connectivity index is 1.75. The van der Waals surface area contributed by atoms with Gasteiger partial charge in [0.1, 0.15) is 0 Å². The summed E-state index contributed by atoms with van der Waals surface area (Å²) in [7, 11) is 0. The van der Waals surface area contributed by atoms with Crippen molar-refractivity contribution in [2.24, 2.45) is 0 Å². The molecule has 0 saturated heterocycles. The molecule has 0 saturated carbocycles. The smallest absolute Gasteiger partial charge is 0.234 e. The summed E-state index contributed by atoms with van der Waals surface area (Å²) in [4.78, 5) is 12.6. The molecule has 0 spiro atoms. The molecule has 150 valence electrons. The lowest BCUT2D eigenvalue weighted by Crippen LogP contribution is -2.16. The van der Waals surface area contributed by atoms with Crippen molar-refractivity contribution in [2.75, 3.05) is 11.1 Å². The first-order chi connectivity index (χ1) is 14.0. The number of anilines is 1. The van der Waals surface area contributed by atoms with Crippen molar-refractivity contribution < 1.29 is 4.79 Å². The zero-order valence-corrected chi connectivity index (χ0v) is 18.1. The largest absolute Gasteiger partial charge is 0.325 e. The average Bonchev–Trinajstić information content (AvgIpc) is 3.11. The summed E-state index contributed by atoms with van der Waals surface area (Å²) in [5.41, 5.74) is 3.95. The Bertz CT molecular complexity index is 1030. The van der Waals surface area contributed by atoms with E-state index in [1.165, 1.54) is 11.8 Å². The number of halogens is 1. The SMILES string of the molecule is C=CCn1c(SCC(=O)Nc2c(C)cccc2CC)nnc1-c1cccc(Cl)c1. The van der Waals surface area contributed by atoms with Crippen LogP contribution in [0.15, 0.2) is 60.3 Å². The lowest BCUT2D eigenvalue weighted by atomic mass is 10.1. The number of nitrogens with one attached hydrogen (secondary N) is 1. The highest BCUT2D eigenvalue weighted by Crippen LogP contribution is 2.27. The Morgan fingerprint density at radius 1 is 1.28 bits per heavy atom. The van der Waals surface area contributed by atoms with E-state index in [0.29, 0.717) is 22.5 Å². The molecule has 1 heterocycles. The molecule has 1 N–H and O–H groups in total. The van der Waals surface area contributed by atoms with Gasteiger partial charge in [0.25, 0.3) is 0 Å². The number of carbonyl (C=O) groups excluding carboxylic acids is 1. The van der Waals surface area contributed by atoms with Gasteiger partial charge in [0.2, 0.25) is 5.91 Å². The summed E-state index contributed by atoms with van der Waals surface area (Å²) in [5, 5.41) is 12.9. The van der Waals surface area contributed by atoms with Crippen LogP contribution >= 0.6 is 23.4 Å². The molecule has 0 atom stereocenters. The first-order valence-corrected chi connectivity index (χ1v) is 10.7. The number of nitrogens with zero attached hydrogens (tertiary/aromatic N) is 3. The molecule has 0 aliphatic heterocycles. The summed E-state index contributed by atoms with van der Waals surface area (Å²) >= 11 is 7.46. The predicted molar refractivity (Wildman–Crippen MR) is 121 cm³/mol. The molecule has 0 radical (unpaired) electrons. The van der Waals surface area contributed by atoms with Gasteiger partial charge < -0.3 is 5.32 Å². The number of carbonyl (C=O) groups is 1. The molecule has 0 aliphatic carbocycles. The highest BCUT2D eigenvalue weighted by molar-refractivity contribution is 7.99. The summed E-state index contributed by atoms with van der Waals surface area (Å²) in [6, 6.07) is 13.5. The Kier molecular flexibility index (Phi) is 7.12. The molecule has 3 aromatic rings. The number of hydrogen-bond donors (Lipinski definition) is 1. The van der Waals surface area contributed by atoms with Gasteiger partial charge >= 0.3 is 0 Å². The molecular formula is C22H23ClN4OS. The van der Waals surface area contributed by atoms with Crippen molar-refractivity contribution in [3.8, 4) is 11.4 Å². The maximum absolute atomic E-state index is 12.6. The van der Waals surface area contributed by atoms with E-state index in [0.717, 1.165) is 28.8 Å². The molecule has 1 aromatic heterocycles. The number of amides is 1. The summed E-state index contributed by atoms with van der Waals surface area (Å²) < 4.78 is 1.93. The second kappa shape index (κ2) is 9.76. The molecule has 0 aliphatic rings. The minimum atomic E-state index is -0.0727. The number of benzene rings is 2. The van der Waals surface area contributed by atoms with Gasteiger partial charge in [-0.25, -0.2) is 0 Å². The molecule has 0 fully saturated rings. The minimum Gasteiger partial charge on any atom is -0.325 e. The van der Waals surface area contributed by atoms with E-state index in [2.05, 4.69) is 29.0 Å². The molecule has 0 unspecified atom stereocenters. The van der Waals surface area contributed by atoms with Gasteiger partial charge in [0.05, 0.1) is 5.75 Å². The number of para-hydroxylation sites is 1. The van der Waals surface area contributed by atoms with Crippen LogP contribution < -0.4 is 5.32 Å². The fraction of sp³-hybridized carbons (Fsp3) is 0.227. The second-order valence-electron chi connectivity index (χ2n) is 6.52. The molecule has 2 aromatic carbocycles. The number of rotatable bonds is 8. The number of aromatic nitrogens is 3. The first-order valence-electron chi connectivity index (χ1n) is 9.34. The van der Waals surface area contributed by atoms with E-state index >= 15 is 0 Å². The van der Waals surface area contributed by atoms with E-state index in [4.69, 9.17) is 11.6 Å². The molecule has 3 rings (SSSR count). The van der Waals surface area contributed by atoms with Crippen LogP contribution in [-0.4, -0.2) is 26.4 Å². The molecule has 7 heteroatoms. The second-order valence-corrected chi connectivity index (χ2v) is 7.89. The van der Waals surface area contributed by atoms with Crippen molar-refractivity contribution >= 4 is 35.0 Å². The summed E-state index contributed by atoms with van der Waals surface area (Å²) in [5.74, 6) is 0.862. The van der Waals surface area contributed by atoms with Gasteiger partial charge in [0.15, 0.2) is 11.0 Å². The van der Waals surface area contributed by atoms with Gasteiger partial charge in [0, 0.05) is 22.8 Å². The molecule has 0 bridgehead atoms.